The minimum absolute atomic E-state index is 0.113. The second-order valence-electron chi connectivity index (χ2n) is 7.88. The summed E-state index contributed by atoms with van der Waals surface area (Å²) in [5.74, 6) is -0.319. The number of phenolic OH excluding ortho intramolecular Hbond substituents is 2. The number of aromatic hydroxyl groups is 2. The lowest BCUT2D eigenvalue weighted by molar-refractivity contribution is -0.111. The summed E-state index contributed by atoms with van der Waals surface area (Å²) in [7, 11) is 0. The molecule has 0 saturated carbocycles. The highest BCUT2D eigenvalue weighted by atomic mass is 16.3. The summed E-state index contributed by atoms with van der Waals surface area (Å²) in [5, 5.41) is 25.7. The molecular formula is C25H19N3O4. The van der Waals surface area contributed by atoms with E-state index in [2.05, 4.69) is 15.6 Å². The topological polar surface area (TPSA) is 112 Å². The van der Waals surface area contributed by atoms with Gasteiger partial charge in [-0.25, -0.2) is 4.98 Å². The van der Waals surface area contributed by atoms with E-state index in [9.17, 15) is 19.8 Å². The smallest absolute Gasteiger partial charge is 0.256 e. The lowest BCUT2D eigenvalue weighted by Crippen LogP contribution is -2.04. The van der Waals surface area contributed by atoms with E-state index in [4.69, 9.17) is 0 Å². The van der Waals surface area contributed by atoms with E-state index in [-0.39, 0.29) is 23.3 Å². The molecule has 0 aliphatic carbocycles. The van der Waals surface area contributed by atoms with Gasteiger partial charge in [-0.05, 0) is 73.5 Å². The second kappa shape index (κ2) is 7.09. The summed E-state index contributed by atoms with van der Waals surface area (Å²) in [6.07, 6.45) is 3.30. The highest BCUT2D eigenvalue weighted by Crippen LogP contribution is 2.38. The number of carbonyl (C=O) groups is 2. The summed E-state index contributed by atoms with van der Waals surface area (Å²) in [6.45, 7) is 3.53. The van der Waals surface area contributed by atoms with Gasteiger partial charge in [0.05, 0.1) is 22.5 Å². The summed E-state index contributed by atoms with van der Waals surface area (Å²) in [4.78, 5) is 29.5. The summed E-state index contributed by atoms with van der Waals surface area (Å²) >= 11 is 0. The van der Waals surface area contributed by atoms with E-state index in [0.29, 0.717) is 56.2 Å². The first-order valence-corrected chi connectivity index (χ1v) is 10.0. The zero-order valence-corrected chi connectivity index (χ0v) is 17.4. The zero-order chi connectivity index (χ0) is 22.6. The van der Waals surface area contributed by atoms with E-state index in [1.54, 1.807) is 68.5 Å². The Kier molecular flexibility index (Phi) is 4.34. The van der Waals surface area contributed by atoms with Crippen molar-refractivity contribution >= 4 is 46.5 Å². The van der Waals surface area contributed by atoms with Crippen molar-refractivity contribution in [3.05, 3.63) is 76.1 Å². The fourth-order valence-corrected chi connectivity index (χ4v) is 3.88. The Labute approximate surface area is 183 Å². The van der Waals surface area contributed by atoms with Crippen molar-refractivity contribution in [1.29, 1.82) is 0 Å². The number of pyridine rings is 1. The van der Waals surface area contributed by atoms with Crippen LogP contribution in [0.2, 0.25) is 0 Å². The summed E-state index contributed by atoms with van der Waals surface area (Å²) in [5.41, 5.74) is 5.71. The molecule has 0 fully saturated rings. The molecule has 7 nitrogen and oxygen atoms in total. The zero-order valence-electron chi connectivity index (χ0n) is 17.4. The number of hydrogen-bond donors (Lipinski definition) is 4. The number of hydrogen-bond acceptors (Lipinski definition) is 5. The van der Waals surface area contributed by atoms with Crippen LogP contribution in [-0.2, 0) is 9.59 Å². The Balaban J connectivity index is 1.54. The number of nitrogens with zero attached hydrogens (tertiary/aromatic N) is 1. The van der Waals surface area contributed by atoms with Gasteiger partial charge in [-0.1, -0.05) is 6.07 Å². The van der Waals surface area contributed by atoms with Gasteiger partial charge in [0.15, 0.2) is 0 Å². The first kappa shape index (κ1) is 19.6. The highest BCUT2D eigenvalue weighted by Gasteiger charge is 2.27. The van der Waals surface area contributed by atoms with Crippen LogP contribution in [0.25, 0.3) is 23.3 Å². The first-order valence-electron chi connectivity index (χ1n) is 10.0. The van der Waals surface area contributed by atoms with Crippen LogP contribution in [0.5, 0.6) is 11.5 Å². The molecule has 5 rings (SSSR count). The third-order valence-corrected chi connectivity index (χ3v) is 5.61. The lowest BCUT2D eigenvalue weighted by Gasteiger charge is -2.04. The molecule has 3 heterocycles. The van der Waals surface area contributed by atoms with Crippen molar-refractivity contribution in [3.63, 3.8) is 0 Å². The fourth-order valence-electron chi connectivity index (χ4n) is 3.88. The van der Waals surface area contributed by atoms with Crippen LogP contribution in [0.4, 0.5) is 11.4 Å². The number of carbonyl (C=O) groups excluding carboxylic acids is 2. The summed E-state index contributed by atoms with van der Waals surface area (Å²) in [6, 6.07) is 11.9. The van der Waals surface area contributed by atoms with Crippen molar-refractivity contribution in [1.82, 2.24) is 4.98 Å². The third kappa shape index (κ3) is 3.20. The highest BCUT2D eigenvalue weighted by molar-refractivity contribution is 6.35. The average molecular weight is 425 g/mol. The van der Waals surface area contributed by atoms with Crippen LogP contribution in [0, 0.1) is 13.8 Å². The van der Waals surface area contributed by atoms with Gasteiger partial charge in [0.2, 0.25) is 0 Å². The predicted octanol–water partition coefficient (Wildman–Crippen LogP) is 4.10. The molecule has 0 atom stereocenters. The van der Waals surface area contributed by atoms with Crippen molar-refractivity contribution in [2.75, 3.05) is 10.6 Å². The van der Waals surface area contributed by atoms with E-state index in [1.807, 2.05) is 0 Å². The van der Waals surface area contributed by atoms with Gasteiger partial charge in [-0.3, -0.25) is 9.59 Å². The molecule has 158 valence electrons. The van der Waals surface area contributed by atoms with Crippen LogP contribution in [0.3, 0.4) is 0 Å². The van der Waals surface area contributed by atoms with E-state index in [1.165, 1.54) is 0 Å². The second-order valence-corrected chi connectivity index (χ2v) is 7.88. The van der Waals surface area contributed by atoms with Crippen LogP contribution < -0.4 is 10.6 Å². The van der Waals surface area contributed by atoms with Crippen LogP contribution in [0.15, 0.2) is 42.5 Å². The largest absolute Gasteiger partial charge is 0.508 e. The molecule has 2 aliphatic rings. The maximum atomic E-state index is 12.5. The van der Waals surface area contributed by atoms with Crippen molar-refractivity contribution in [3.8, 4) is 11.5 Å². The van der Waals surface area contributed by atoms with Gasteiger partial charge in [0.1, 0.15) is 11.5 Å². The molecule has 0 radical (unpaired) electrons. The van der Waals surface area contributed by atoms with Gasteiger partial charge in [0, 0.05) is 22.5 Å². The predicted molar refractivity (Wildman–Crippen MR) is 123 cm³/mol. The Hall–Kier alpha value is -4.39. The number of amides is 2. The molecule has 2 aromatic carbocycles. The van der Waals surface area contributed by atoms with Crippen LogP contribution in [0.1, 0.15) is 33.6 Å². The van der Waals surface area contributed by atoms with Crippen molar-refractivity contribution in [2.24, 2.45) is 0 Å². The Morgan fingerprint density at radius 1 is 0.750 bits per heavy atom. The molecule has 4 N–H and O–H groups in total. The fraction of sp³-hybridized carbons (Fsp3) is 0.0800. The third-order valence-electron chi connectivity index (χ3n) is 5.61. The van der Waals surface area contributed by atoms with E-state index in [0.717, 1.165) is 0 Å². The van der Waals surface area contributed by atoms with Gasteiger partial charge in [-0.15, -0.1) is 0 Å². The molecule has 0 bridgehead atoms. The van der Waals surface area contributed by atoms with Crippen LogP contribution in [-0.4, -0.2) is 27.0 Å². The molecule has 32 heavy (non-hydrogen) atoms. The Morgan fingerprint density at radius 2 is 1.19 bits per heavy atom. The molecule has 0 unspecified atom stereocenters. The average Bonchev–Trinajstić information content (AvgIpc) is 3.19. The maximum Gasteiger partial charge on any atom is 0.256 e. The lowest BCUT2D eigenvalue weighted by atomic mass is 10.0. The Bertz CT molecular complexity index is 1300. The number of anilines is 2. The molecule has 7 heteroatoms. The van der Waals surface area contributed by atoms with E-state index >= 15 is 0 Å². The van der Waals surface area contributed by atoms with Crippen molar-refractivity contribution < 1.29 is 19.8 Å². The van der Waals surface area contributed by atoms with E-state index < -0.39 is 0 Å². The monoisotopic (exact) mass is 425 g/mol. The van der Waals surface area contributed by atoms with Crippen LogP contribution >= 0.6 is 0 Å². The number of aromatic nitrogens is 1. The quantitative estimate of drug-likeness (QED) is 0.365. The number of fused-ring (bicyclic) bond motifs is 2. The number of nitrogens with one attached hydrogen (secondary N) is 2. The molecule has 1 aromatic heterocycles. The summed E-state index contributed by atoms with van der Waals surface area (Å²) < 4.78 is 0. The standard InChI is InChI=1S/C25H19N3O4/c1-12-6-20-16(10-22(12)29)18(24(31)27-20)8-14-4-3-5-15(26-14)9-19-17-11-23(30)13(2)7-21(17)28-25(19)32/h3-11,29-30H,1-2H3,(H,27,31)(H,28,32)/b18-8+,19-9+. The number of phenols is 2. The van der Waals surface area contributed by atoms with Gasteiger partial charge >= 0.3 is 0 Å². The molecule has 3 aromatic rings. The van der Waals surface area contributed by atoms with Crippen molar-refractivity contribution in [2.45, 2.75) is 13.8 Å². The van der Waals surface area contributed by atoms with Gasteiger partial charge in [0.25, 0.3) is 11.8 Å². The maximum absolute atomic E-state index is 12.5. The molecular weight excluding hydrogens is 406 g/mol. The van der Waals surface area contributed by atoms with Gasteiger partial charge < -0.3 is 20.8 Å². The Morgan fingerprint density at radius 3 is 1.62 bits per heavy atom. The molecule has 2 amide bonds. The first-order chi connectivity index (χ1) is 15.3. The number of aryl methyl sites for hydroxylation is 2. The van der Waals surface area contributed by atoms with Gasteiger partial charge in [-0.2, -0.15) is 0 Å². The number of rotatable bonds is 2. The SMILES string of the molecule is Cc1cc2c(cc1O)/C(=C\c1cccc(/C=C3/C(=O)Nc4cc(C)c(O)cc43)n1)C(=O)N2. The molecule has 0 spiro atoms. The molecule has 0 saturated heterocycles. The molecule has 2 aliphatic heterocycles. The minimum atomic E-state index is -0.273. The minimum Gasteiger partial charge on any atom is -0.508 e. The number of benzene rings is 2. The normalized spacial score (nSPS) is 16.8.